The van der Waals surface area contributed by atoms with Gasteiger partial charge in [-0.2, -0.15) is 0 Å². The molecule has 0 atom stereocenters. The van der Waals surface area contributed by atoms with Crippen LogP contribution in [0.1, 0.15) is 31.0 Å². The lowest BCUT2D eigenvalue weighted by molar-refractivity contribution is -0.118. The molecular formula is C20H27N5OS. The molecule has 1 fully saturated rings. The molecule has 2 aromatic rings. The van der Waals surface area contributed by atoms with Gasteiger partial charge in [0.25, 0.3) is 0 Å². The van der Waals surface area contributed by atoms with Gasteiger partial charge in [0.2, 0.25) is 5.91 Å². The number of hydrogen-bond donors (Lipinski definition) is 1. The number of nitrogens with one attached hydrogen (secondary N) is 1. The molecular weight excluding hydrogens is 358 g/mol. The molecule has 1 amide bonds. The molecule has 1 saturated carbocycles. The first-order chi connectivity index (χ1) is 13.2. The fourth-order valence-electron chi connectivity index (χ4n) is 2.89. The highest BCUT2D eigenvalue weighted by atomic mass is 32.2. The molecule has 1 aromatic heterocycles. The van der Waals surface area contributed by atoms with E-state index in [0.717, 1.165) is 23.9 Å². The molecule has 1 heterocycles. The third-order valence-corrected chi connectivity index (χ3v) is 5.49. The molecule has 6 nitrogen and oxygen atoms in total. The highest BCUT2D eigenvalue weighted by Gasteiger charge is 2.30. The van der Waals surface area contributed by atoms with Crippen LogP contribution < -0.4 is 10.2 Å². The van der Waals surface area contributed by atoms with Gasteiger partial charge in [-0.1, -0.05) is 36.0 Å². The highest BCUT2D eigenvalue weighted by molar-refractivity contribution is 7.99. The predicted molar refractivity (Wildman–Crippen MR) is 110 cm³/mol. The molecule has 0 bridgehead atoms. The SMILES string of the molecule is C=CCn1c(SCC(=O)NCCCN(C)c2ccccc2)nnc1C1CC1. The summed E-state index contributed by atoms with van der Waals surface area (Å²) >= 11 is 1.44. The summed E-state index contributed by atoms with van der Waals surface area (Å²) in [4.78, 5) is 14.3. The fraction of sp³-hybridized carbons (Fsp3) is 0.450. The average molecular weight is 386 g/mol. The number of nitrogens with zero attached hydrogens (tertiary/aromatic N) is 4. The van der Waals surface area contributed by atoms with Gasteiger partial charge in [0.1, 0.15) is 5.82 Å². The fourth-order valence-corrected chi connectivity index (χ4v) is 3.67. The van der Waals surface area contributed by atoms with E-state index in [1.165, 1.54) is 30.3 Å². The minimum atomic E-state index is 0.0310. The molecule has 27 heavy (non-hydrogen) atoms. The minimum absolute atomic E-state index is 0.0310. The molecule has 144 valence electrons. The Balaban J connectivity index is 1.38. The smallest absolute Gasteiger partial charge is 0.230 e. The minimum Gasteiger partial charge on any atom is -0.375 e. The largest absolute Gasteiger partial charge is 0.375 e. The maximum absolute atomic E-state index is 12.1. The molecule has 3 rings (SSSR count). The summed E-state index contributed by atoms with van der Waals surface area (Å²) in [6.07, 6.45) is 5.11. The molecule has 0 unspecified atom stereocenters. The number of thioether (sulfide) groups is 1. The van der Waals surface area contributed by atoms with Gasteiger partial charge >= 0.3 is 0 Å². The molecule has 1 aliphatic carbocycles. The summed E-state index contributed by atoms with van der Waals surface area (Å²) in [6.45, 7) is 6.07. The topological polar surface area (TPSA) is 63.1 Å². The zero-order chi connectivity index (χ0) is 19.1. The van der Waals surface area contributed by atoms with Crippen LogP contribution in [0.4, 0.5) is 5.69 Å². The van der Waals surface area contributed by atoms with Crippen molar-refractivity contribution in [3.63, 3.8) is 0 Å². The van der Waals surface area contributed by atoms with Gasteiger partial charge in [-0.05, 0) is 31.4 Å². The van der Waals surface area contributed by atoms with E-state index in [9.17, 15) is 4.79 Å². The Hall–Kier alpha value is -2.28. The molecule has 1 N–H and O–H groups in total. The van der Waals surface area contributed by atoms with E-state index < -0.39 is 0 Å². The number of allylic oxidation sites excluding steroid dienone is 1. The second-order valence-corrected chi connectivity index (χ2v) is 7.71. The lowest BCUT2D eigenvalue weighted by Gasteiger charge is -2.19. The average Bonchev–Trinajstić information content (AvgIpc) is 3.46. The molecule has 0 spiro atoms. The maximum atomic E-state index is 12.1. The third-order valence-electron chi connectivity index (χ3n) is 4.52. The number of para-hydroxylation sites is 1. The molecule has 1 aromatic carbocycles. The van der Waals surface area contributed by atoms with Gasteiger partial charge in [0, 0.05) is 38.3 Å². The number of anilines is 1. The van der Waals surface area contributed by atoms with Crippen molar-refractivity contribution in [3.05, 3.63) is 48.8 Å². The van der Waals surface area contributed by atoms with E-state index in [0.29, 0.717) is 24.8 Å². The van der Waals surface area contributed by atoms with Crippen molar-refractivity contribution >= 4 is 23.4 Å². The first-order valence-electron chi connectivity index (χ1n) is 9.38. The number of hydrogen-bond acceptors (Lipinski definition) is 5. The van der Waals surface area contributed by atoms with Crippen LogP contribution in [0.5, 0.6) is 0 Å². The number of carbonyl (C=O) groups excluding carboxylic acids is 1. The number of carbonyl (C=O) groups is 1. The van der Waals surface area contributed by atoms with Crippen LogP contribution in [0.2, 0.25) is 0 Å². The summed E-state index contributed by atoms with van der Waals surface area (Å²) in [5, 5.41) is 12.4. The molecule has 0 saturated heterocycles. The van der Waals surface area contributed by atoms with Gasteiger partial charge in [-0.3, -0.25) is 4.79 Å². The van der Waals surface area contributed by atoms with Crippen LogP contribution in [0.3, 0.4) is 0 Å². The zero-order valence-electron chi connectivity index (χ0n) is 15.8. The molecule has 1 aliphatic rings. The van der Waals surface area contributed by atoms with Gasteiger partial charge in [0.15, 0.2) is 5.16 Å². The molecule has 0 aliphatic heterocycles. The van der Waals surface area contributed by atoms with E-state index in [2.05, 4.69) is 50.7 Å². The van der Waals surface area contributed by atoms with Crippen LogP contribution in [0, 0.1) is 0 Å². The summed E-state index contributed by atoms with van der Waals surface area (Å²) in [7, 11) is 2.07. The van der Waals surface area contributed by atoms with Gasteiger partial charge in [-0.25, -0.2) is 0 Å². The normalized spacial score (nSPS) is 13.4. The number of rotatable bonds is 11. The first-order valence-corrected chi connectivity index (χ1v) is 10.4. The summed E-state index contributed by atoms with van der Waals surface area (Å²) in [6, 6.07) is 10.3. The van der Waals surface area contributed by atoms with Crippen molar-refractivity contribution < 1.29 is 4.79 Å². The zero-order valence-corrected chi connectivity index (χ0v) is 16.6. The Morgan fingerprint density at radius 1 is 1.37 bits per heavy atom. The van der Waals surface area contributed by atoms with Crippen molar-refractivity contribution in [2.45, 2.75) is 36.9 Å². The lowest BCUT2D eigenvalue weighted by Crippen LogP contribution is -2.29. The van der Waals surface area contributed by atoms with Crippen LogP contribution >= 0.6 is 11.8 Å². The predicted octanol–water partition coefficient (Wildman–Crippen LogP) is 3.08. The molecule has 0 radical (unpaired) electrons. The Bertz CT molecular complexity index is 757. The van der Waals surface area contributed by atoms with E-state index in [1.54, 1.807) is 0 Å². The van der Waals surface area contributed by atoms with Crippen LogP contribution in [0.25, 0.3) is 0 Å². The maximum Gasteiger partial charge on any atom is 0.230 e. The van der Waals surface area contributed by atoms with Crippen LogP contribution in [-0.4, -0.2) is 46.6 Å². The van der Waals surface area contributed by atoms with E-state index >= 15 is 0 Å². The van der Waals surface area contributed by atoms with Crippen molar-refractivity contribution in [2.75, 3.05) is 30.8 Å². The van der Waals surface area contributed by atoms with E-state index in [4.69, 9.17) is 0 Å². The van der Waals surface area contributed by atoms with E-state index in [-0.39, 0.29) is 5.91 Å². The molecule has 7 heteroatoms. The van der Waals surface area contributed by atoms with Crippen LogP contribution in [-0.2, 0) is 11.3 Å². The Kier molecular flexibility index (Phi) is 6.92. The Morgan fingerprint density at radius 2 is 2.15 bits per heavy atom. The first kappa shape index (κ1) is 19.5. The van der Waals surface area contributed by atoms with Crippen LogP contribution in [0.15, 0.2) is 48.1 Å². The summed E-state index contributed by atoms with van der Waals surface area (Å²) in [5.41, 5.74) is 1.19. The number of aromatic nitrogens is 3. The Labute approximate surface area is 165 Å². The van der Waals surface area contributed by atoms with Crippen molar-refractivity contribution in [1.82, 2.24) is 20.1 Å². The van der Waals surface area contributed by atoms with Gasteiger partial charge in [-0.15, -0.1) is 16.8 Å². The standard InChI is InChI=1S/C20H27N5OS/c1-3-13-25-19(16-10-11-16)22-23-20(25)27-15-18(26)21-12-7-14-24(2)17-8-5-4-6-9-17/h3-6,8-9,16H,1,7,10-15H2,2H3,(H,21,26). The Morgan fingerprint density at radius 3 is 2.85 bits per heavy atom. The number of benzene rings is 1. The summed E-state index contributed by atoms with van der Waals surface area (Å²) < 4.78 is 2.08. The van der Waals surface area contributed by atoms with Crippen molar-refractivity contribution in [2.24, 2.45) is 0 Å². The van der Waals surface area contributed by atoms with Gasteiger partial charge < -0.3 is 14.8 Å². The second-order valence-electron chi connectivity index (χ2n) is 6.76. The monoisotopic (exact) mass is 385 g/mol. The second kappa shape index (κ2) is 9.60. The van der Waals surface area contributed by atoms with E-state index in [1.807, 2.05) is 24.3 Å². The summed E-state index contributed by atoms with van der Waals surface area (Å²) in [5.74, 6) is 1.95. The third kappa shape index (κ3) is 5.60. The van der Waals surface area contributed by atoms with Crippen molar-refractivity contribution in [3.8, 4) is 0 Å². The quantitative estimate of drug-likeness (QED) is 0.366. The lowest BCUT2D eigenvalue weighted by atomic mass is 10.3. The van der Waals surface area contributed by atoms with Crippen molar-refractivity contribution in [1.29, 1.82) is 0 Å². The number of amides is 1. The van der Waals surface area contributed by atoms with Gasteiger partial charge in [0.05, 0.1) is 5.75 Å². The highest BCUT2D eigenvalue weighted by Crippen LogP contribution is 2.40.